The zero-order valence-electron chi connectivity index (χ0n) is 36.0. The van der Waals surface area contributed by atoms with E-state index in [9.17, 15) is 33.4 Å². The summed E-state index contributed by atoms with van der Waals surface area (Å²) >= 11 is 12.1. The molecule has 0 bridgehead atoms. The second-order valence-electron chi connectivity index (χ2n) is 17.4. The predicted molar refractivity (Wildman–Crippen MR) is 238 cm³/mol. The number of carbonyl (C=O) groups excluding carboxylic acids is 3. The van der Waals surface area contributed by atoms with Gasteiger partial charge >= 0.3 is 6.16 Å². The fourth-order valence-electron chi connectivity index (χ4n) is 9.49. The van der Waals surface area contributed by atoms with E-state index in [4.69, 9.17) is 42.1 Å². The highest BCUT2D eigenvalue weighted by molar-refractivity contribution is 6.31. The number of benzene rings is 4. The normalized spacial score (nSPS) is 23.7. The van der Waals surface area contributed by atoms with Crippen molar-refractivity contribution in [2.24, 2.45) is 11.8 Å². The molecule has 2 fully saturated rings. The molecule has 0 aliphatic carbocycles. The summed E-state index contributed by atoms with van der Waals surface area (Å²) < 4.78 is 84.1. The number of hydrogen-bond donors (Lipinski definition) is 4. The van der Waals surface area contributed by atoms with Crippen LogP contribution in [0.25, 0.3) is 0 Å². The van der Waals surface area contributed by atoms with E-state index >= 15 is 8.78 Å². The van der Waals surface area contributed by atoms with Crippen LogP contribution in [-0.2, 0) is 31.9 Å². The Balaban J connectivity index is 1.02. The highest BCUT2D eigenvalue weighted by Gasteiger charge is 2.49. The molecule has 6 atom stereocenters. The van der Waals surface area contributed by atoms with Gasteiger partial charge in [0.1, 0.15) is 71.4 Å². The molecule has 0 spiro atoms. The Morgan fingerprint density at radius 3 is 1.47 bits per heavy atom. The Kier molecular flexibility index (Phi) is 13.5. The van der Waals surface area contributed by atoms with Gasteiger partial charge in [-0.25, -0.2) is 22.4 Å². The SMILES string of the molecule is C[C@@H](OC(=O)O[C@H](C)[C@H]1CN(c2ccc(Cl)cc2F)CC[C@]1(O)COc1ccc(F)c2c1CCC(=O)N2)[C@H]1CN(c2ccc(Cl)cc2F)CC[C@]1(O)COc1ccc(F)c2c1CCC(=O)N2. The Bertz CT molecular complexity index is 2370. The van der Waals surface area contributed by atoms with E-state index in [0.29, 0.717) is 11.1 Å². The largest absolute Gasteiger partial charge is 0.508 e. The summed E-state index contributed by atoms with van der Waals surface area (Å²) in [6.45, 7) is 2.63. The molecule has 4 aliphatic heterocycles. The zero-order chi connectivity index (χ0) is 47.1. The number of aliphatic hydroxyl groups is 2. The number of amides is 2. The number of anilines is 4. The van der Waals surface area contributed by atoms with E-state index in [1.807, 2.05) is 0 Å². The molecule has 4 heterocycles. The van der Waals surface area contributed by atoms with Gasteiger partial charge < -0.3 is 49.6 Å². The summed E-state index contributed by atoms with van der Waals surface area (Å²) in [5.41, 5.74) is -2.18. The van der Waals surface area contributed by atoms with Crippen molar-refractivity contribution < 1.29 is 61.1 Å². The smallest absolute Gasteiger partial charge is 0.490 e. The minimum Gasteiger partial charge on any atom is -0.490 e. The van der Waals surface area contributed by atoms with E-state index in [1.54, 1.807) is 23.6 Å². The second-order valence-corrected chi connectivity index (χ2v) is 18.2. The predicted octanol–water partition coefficient (Wildman–Crippen LogP) is 8.22. The molecular weight excluding hydrogens is 911 g/mol. The molecule has 352 valence electrons. The van der Waals surface area contributed by atoms with Gasteiger partial charge in [-0.2, -0.15) is 0 Å². The Morgan fingerprint density at radius 1 is 0.667 bits per heavy atom. The molecule has 0 radical (unpaired) electrons. The van der Waals surface area contributed by atoms with Gasteiger partial charge in [0.15, 0.2) is 0 Å². The fraction of sp³-hybridized carbons (Fsp3) is 0.426. The van der Waals surface area contributed by atoms with Gasteiger partial charge in [0, 0.05) is 72.0 Å². The van der Waals surface area contributed by atoms with Crippen molar-refractivity contribution >= 4 is 63.9 Å². The van der Waals surface area contributed by atoms with Crippen LogP contribution < -0.4 is 29.9 Å². The number of ether oxygens (including phenoxy) is 4. The molecule has 0 aromatic heterocycles. The standard InChI is InChI=1S/C47H48Cl2F4N4O9/c1-25(31-21-56(37-9-3-27(48)19-35(37)52)17-15-46(31,61)23-63-39-11-7-33(50)43-29(39)5-13-41(58)54-43)65-45(60)66-26(2)32-22-57(38-10-4-28(49)20-36(38)53)18-16-47(32,62)24-64-40-12-8-34(51)44-30(40)6-14-42(59)55-44/h3-4,7-12,19-20,25-26,31-32,61-62H,5-6,13-18,21-24H2,1-2H3,(H,54,58)(H,55,59)/t25-,26-,31-,32-,46+,47+/m1/s1. The number of nitrogens with zero attached hydrogens (tertiary/aromatic N) is 2. The van der Waals surface area contributed by atoms with Crippen LogP contribution in [0.5, 0.6) is 11.5 Å². The van der Waals surface area contributed by atoms with Gasteiger partial charge in [0.25, 0.3) is 0 Å². The summed E-state index contributed by atoms with van der Waals surface area (Å²) in [6.07, 6.45) is -2.78. The minimum absolute atomic E-state index is 0.00361. The summed E-state index contributed by atoms with van der Waals surface area (Å²) in [6, 6.07) is 13.5. The first-order valence-electron chi connectivity index (χ1n) is 21.6. The van der Waals surface area contributed by atoms with Gasteiger partial charge in [0.05, 0.1) is 22.7 Å². The van der Waals surface area contributed by atoms with E-state index in [-0.39, 0.29) is 134 Å². The lowest BCUT2D eigenvalue weighted by molar-refractivity contribution is -0.127. The van der Waals surface area contributed by atoms with Crippen molar-refractivity contribution in [3.05, 3.63) is 105 Å². The van der Waals surface area contributed by atoms with Crippen molar-refractivity contribution in [2.45, 2.75) is 75.8 Å². The molecule has 2 amide bonds. The maximum atomic E-state index is 15.3. The van der Waals surface area contributed by atoms with Crippen LogP contribution in [-0.4, -0.2) is 91.0 Å². The molecule has 4 aliphatic rings. The number of hydrogen-bond acceptors (Lipinski definition) is 11. The highest BCUT2D eigenvalue weighted by atomic mass is 35.5. The lowest BCUT2D eigenvalue weighted by Crippen LogP contribution is -2.60. The van der Waals surface area contributed by atoms with Crippen LogP contribution in [0.4, 0.5) is 45.1 Å². The van der Waals surface area contributed by atoms with E-state index in [0.717, 1.165) is 24.3 Å². The Hall–Kier alpha value is -5.49. The summed E-state index contributed by atoms with van der Waals surface area (Å²) in [4.78, 5) is 41.4. The first kappa shape index (κ1) is 47.0. The molecule has 13 nitrogen and oxygen atoms in total. The third kappa shape index (κ3) is 9.80. The molecule has 66 heavy (non-hydrogen) atoms. The van der Waals surface area contributed by atoms with E-state index < -0.39 is 64.7 Å². The maximum Gasteiger partial charge on any atom is 0.508 e. The van der Waals surface area contributed by atoms with Gasteiger partial charge in [-0.3, -0.25) is 9.59 Å². The number of nitrogens with one attached hydrogen (secondary N) is 2. The number of fused-ring (bicyclic) bond motifs is 2. The maximum absolute atomic E-state index is 15.3. The lowest BCUT2D eigenvalue weighted by Gasteiger charge is -2.47. The number of carbonyl (C=O) groups is 3. The number of halogens is 6. The quantitative estimate of drug-likeness (QED) is 0.0801. The second kappa shape index (κ2) is 19.0. The average Bonchev–Trinajstić information content (AvgIpc) is 3.27. The van der Waals surface area contributed by atoms with Gasteiger partial charge in [-0.05, 0) is 100 Å². The molecular formula is C47H48Cl2F4N4O9. The van der Waals surface area contributed by atoms with Crippen molar-refractivity contribution in [3.63, 3.8) is 0 Å². The van der Waals surface area contributed by atoms with E-state index in [1.165, 1.54) is 36.4 Å². The Labute approximate surface area is 387 Å². The topological polar surface area (TPSA) is 159 Å². The molecule has 2 saturated heterocycles. The summed E-state index contributed by atoms with van der Waals surface area (Å²) in [5.74, 6) is -4.58. The minimum atomic E-state index is -1.71. The fourth-order valence-corrected chi connectivity index (χ4v) is 9.80. The zero-order valence-corrected chi connectivity index (χ0v) is 37.5. The van der Waals surface area contributed by atoms with Gasteiger partial charge in [-0.15, -0.1) is 0 Å². The number of rotatable bonds is 12. The third-order valence-corrected chi connectivity index (χ3v) is 13.6. The molecule has 4 aromatic rings. The molecule has 0 saturated carbocycles. The van der Waals surface area contributed by atoms with Gasteiger partial charge in [0.2, 0.25) is 11.8 Å². The van der Waals surface area contributed by atoms with Crippen LogP contribution in [0.3, 0.4) is 0 Å². The van der Waals surface area contributed by atoms with Crippen molar-refractivity contribution in [2.75, 3.05) is 59.8 Å². The summed E-state index contributed by atoms with van der Waals surface area (Å²) in [7, 11) is 0. The molecule has 0 unspecified atom stereocenters. The first-order chi connectivity index (χ1) is 31.4. The summed E-state index contributed by atoms with van der Waals surface area (Å²) in [5, 5.41) is 30.2. The van der Waals surface area contributed by atoms with Crippen molar-refractivity contribution in [1.82, 2.24) is 0 Å². The molecule has 8 rings (SSSR count). The number of piperidine rings is 2. The third-order valence-electron chi connectivity index (χ3n) is 13.2. The van der Waals surface area contributed by atoms with Crippen LogP contribution in [0.15, 0.2) is 60.7 Å². The molecule has 4 N–H and O–H groups in total. The Morgan fingerprint density at radius 2 is 1.08 bits per heavy atom. The molecule has 19 heteroatoms. The van der Waals surface area contributed by atoms with E-state index in [2.05, 4.69) is 10.6 Å². The first-order valence-corrected chi connectivity index (χ1v) is 22.4. The van der Waals surface area contributed by atoms with Crippen LogP contribution in [0, 0.1) is 35.1 Å². The van der Waals surface area contributed by atoms with Crippen LogP contribution in [0.1, 0.15) is 50.7 Å². The molecule has 4 aromatic carbocycles. The lowest BCUT2D eigenvalue weighted by atomic mass is 9.78. The highest BCUT2D eigenvalue weighted by Crippen LogP contribution is 2.41. The average molecular weight is 960 g/mol. The van der Waals surface area contributed by atoms with Gasteiger partial charge in [-0.1, -0.05) is 23.2 Å². The van der Waals surface area contributed by atoms with Crippen molar-refractivity contribution in [1.29, 1.82) is 0 Å². The van der Waals surface area contributed by atoms with Crippen LogP contribution in [0.2, 0.25) is 10.0 Å². The van der Waals surface area contributed by atoms with Crippen molar-refractivity contribution in [3.8, 4) is 11.5 Å². The monoisotopic (exact) mass is 958 g/mol. The van der Waals surface area contributed by atoms with Crippen LogP contribution >= 0.6 is 23.2 Å².